The van der Waals surface area contributed by atoms with Crippen LogP contribution in [0.4, 0.5) is 5.69 Å². The molecule has 0 bridgehead atoms. The summed E-state index contributed by atoms with van der Waals surface area (Å²) in [7, 11) is -4.03. The molecule has 1 atom stereocenters. The van der Waals surface area contributed by atoms with E-state index >= 15 is 0 Å². The van der Waals surface area contributed by atoms with Crippen molar-refractivity contribution in [3.05, 3.63) is 54.4 Å². The number of carbonyl (C=O) groups excluding carboxylic acids is 1. The van der Waals surface area contributed by atoms with Crippen molar-refractivity contribution in [2.75, 3.05) is 24.5 Å². The molecule has 9 nitrogen and oxygen atoms in total. The van der Waals surface area contributed by atoms with Gasteiger partial charge in [0.15, 0.2) is 0 Å². The van der Waals surface area contributed by atoms with E-state index in [2.05, 4.69) is 19.9 Å². The first-order valence-electron chi connectivity index (χ1n) is 12.4. The highest BCUT2D eigenvalue weighted by atomic mass is 32.2. The summed E-state index contributed by atoms with van der Waals surface area (Å²) in [5.74, 6) is -1.73. The molecule has 2 fully saturated rings. The largest absolute Gasteiger partial charge is 0.480 e. The van der Waals surface area contributed by atoms with Crippen LogP contribution < -0.4 is 14.9 Å². The molecule has 1 saturated heterocycles. The molecule has 0 radical (unpaired) electrons. The molecule has 1 aliphatic heterocycles. The lowest BCUT2D eigenvalue weighted by Crippen LogP contribution is -2.50. The third kappa shape index (κ3) is 6.22. The molecule has 1 spiro atoms. The number of sulfonamides is 1. The summed E-state index contributed by atoms with van der Waals surface area (Å²) in [4.78, 5) is 31.0. The van der Waals surface area contributed by atoms with Crippen molar-refractivity contribution in [3.8, 4) is 0 Å². The average molecular weight is 515 g/mol. The van der Waals surface area contributed by atoms with E-state index in [1.807, 2.05) is 31.5 Å². The number of aryl methyl sites for hydroxylation is 1. The first-order chi connectivity index (χ1) is 17.2. The van der Waals surface area contributed by atoms with Crippen LogP contribution in [0.15, 0.2) is 53.7 Å². The molecular formula is C26H34N4O5S. The van der Waals surface area contributed by atoms with Crippen molar-refractivity contribution in [2.24, 2.45) is 11.3 Å². The fourth-order valence-corrected chi connectivity index (χ4v) is 6.47. The fraction of sp³-hybridized carbons (Fsp3) is 0.500. The van der Waals surface area contributed by atoms with Crippen LogP contribution >= 0.6 is 0 Å². The zero-order chi connectivity index (χ0) is 25.8. The number of hydrogen-bond donors (Lipinski definition) is 3. The second kappa shape index (κ2) is 11.0. The van der Waals surface area contributed by atoms with Crippen molar-refractivity contribution in [2.45, 2.75) is 56.4 Å². The van der Waals surface area contributed by atoms with E-state index in [1.165, 1.54) is 17.8 Å². The normalized spacial score (nSPS) is 19.1. The first-order valence-corrected chi connectivity index (χ1v) is 13.9. The number of rotatable bonds is 8. The third-order valence-corrected chi connectivity index (χ3v) is 9.16. The maximum absolute atomic E-state index is 12.8. The molecule has 36 heavy (non-hydrogen) atoms. The van der Waals surface area contributed by atoms with Gasteiger partial charge in [-0.05, 0) is 75.1 Å². The number of carboxylic acids is 1. The number of nitrogens with one attached hydrogen (secondary N) is 2. The van der Waals surface area contributed by atoms with Crippen molar-refractivity contribution >= 4 is 27.6 Å². The van der Waals surface area contributed by atoms with E-state index in [0.29, 0.717) is 0 Å². The topological polar surface area (TPSA) is 129 Å². The second-order valence-electron chi connectivity index (χ2n) is 10.0. The van der Waals surface area contributed by atoms with Gasteiger partial charge in [0.05, 0.1) is 4.90 Å². The van der Waals surface area contributed by atoms with Crippen LogP contribution in [0.5, 0.6) is 0 Å². The highest BCUT2D eigenvalue weighted by Gasteiger charge is 2.40. The van der Waals surface area contributed by atoms with Gasteiger partial charge in [-0.2, -0.15) is 4.72 Å². The molecule has 0 unspecified atom stereocenters. The molecule has 4 rings (SSSR count). The van der Waals surface area contributed by atoms with Gasteiger partial charge in [-0.1, -0.05) is 17.7 Å². The number of pyridine rings is 1. The number of aromatic nitrogens is 1. The molecular weight excluding hydrogens is 480 g/mol. The number of nitrogens with zero attached hydrogens (tertiary/aromatic N) is 2. The minimum atomic E-state index is -4.03. The fourth-order valence-electron chi connectivity index (χ4n) is 5.29. The van der Waals surface area contributed by atoms with E-state index in [0.717, 1.165) is 57.2 Å². The predicted molar refractivity (Wildman–Crippen MR) is 136 cm³/mol. The lowest BCUT2D eigenvalue weighted by atomic mass is 9.65. The minimum Gasteiger partial charge on any atom is -0.480 e. The highest BCUT2D eigenvalue weighted by molar-refractivity contribution is 7.89. The average Bonchev–Trinajstić information content (AvgIpc) is 2.88. The number of carboxylic acid groups (broad SMARTS) is 1. The van der Waals surface area contributed by atoms with E-state index < -0.39 is 22.0 Å². The molecule has 1 saturated carbocycles. The third-order valence-electron chi connectivity index (χ3n) is 7.68. The van der Waals surface area contributed by atoms with Gasteiger partial charge >= 0.3 is 5.97 Å². The summed E-state index contributed by atoms with van der Waals surface area (Å²) in [6.45, 7) is 3.50. The Hall–Kier alpha value is -2.98. The molecule has 3 N–H and O–H groups in total. The van der Waals surface area contributed by atoms with Crippen LogP contribution in [-0.4, -0.2) is 56.1 Å². The summed E-state index contributed by atoms with van der Waals surface area (Å²) >= 11 is 0. The molecule has 2 aromatic rings. The summed E-state index contributed by atoms with van der Waals surface area (Å²) in [5, 5.41) is 12.2. The van der Waals surface area contributed by atoms with Gasteiger partial charge in [0, 0.05) is 43.6 Å². The number of benzene rings is 1. The highest BCUT2D eigenvalue weighted by Crippen LogP contribution is 2.46. The Balaban J connectivity index is 1.26. The van der Waals surface area contributed by atoms with E-state index in [-0.39, 0.29) is 28.7 Å². The van der Waals surface area contributed by atoms with Crippen LogP contribution in [0.25, 0.3) is 0 Å². The summed E-state index contributed by atoms with van der Waals surface area (Å²) in [6.07, 6.45) is 9.26. The molecule has 1 amide bonds. The Bertz CT molecular complexity index is 1150. The van der Waals surface area contributed by atoms with E-state index in [1.54, 1.807) is 12.1 Å². The molecule has 2 heterocycles. The standard InChI is InChI=1S/C26H34N4O5S/c1-19-2-4-22(5-3-19)36(34,35)29-23(25(32)33)18-28-24(31)20-6-10-26(11-7-20)12-16-30(17-13-26)21-8-14-27-15-9-21/h2-5,8-9,14-15,20,23,29H,6-7,10-13,16-18H2,1H3,(H,28,31)(H,32,33)/t23-/m0/s1. The molecule has 1 aliphatic carbocycles. The Kier molecular flexibility index (Phi) is 7.94. The second-order valence-corrected chi connectivity index (χ2v) is 11.8. The zero-order valence-corrected chi connectivity index (χ0v) is 21.3. The van der Waals surface area contributed by atoms with E-state index in [9.17, 15) is 23.1 Å². The van der Waals surface area contributed by atoms with Crippen molar-refractivity contribution in [3.63, 3.8) is 0 Å². The van der Waals surface area contributed by atoms with Gasteiger partial charge in [-0.3, -0.25) is 14.6 Å². The van der Waals surface area contributed by atoms with Crippen LogP contribution in [-0.2, 0) is 19.6 Å². The summed E-state index contributed by atoms with van der Waals surface area (Å²) < 4.78 is 27.4. The predicted octanol–water partition coefficient (Wildman–Crippen LogP) is 2.71. The summed E-state index contributed by atoms with van der Waals surface area (Å²) in [6, 6.07) is 8.75. The number of piperidine rings is 1. The first kappa shape index (κ1) is 26.1. The minimum absolute atomic E-state index is 0.0155. The quantitative estimate of drug-likeness (QED) is 0.494. The van der Waals surface area contributed by atoms with Gasteiger partial charge in [-0.15, -0.1) is 0 Å². The maximum Gasteiger partial charge on any atom is 0.323 e. The Labute approximate surface area is 212 Å². The van der Waals surface area contributed by atoms with Crippen LogP contribution in [0.1, 0.15) is 44.1 Å². The van der Waals surface area contributed by atoms with Crippen molar-refractivity contribution in [1.29, 1.82) is 0 Å². The van der Waals surface area contributed by atoms with Crippen molar-refractivity contribution < 1.29 is 23.1 Å². The van der Waals surface area contributed by atoms with Crippen molar-refractivity contribution in [1.82, 2.24) is 15.0 Å². The van der Waals surface area contributed by atoms with Gasteiger partial charge < -0.3 is 15.3 Å². The SMILES string of the molecule is Cc1ccc(S(=O)(=O)N[C@@H](CNC(=O)C2CCC3(CC2)CCN(c2ccncc2)CC3)C(=O)O)cc1. The molecule has 10 heteroatoms. The monoisotopic (exact) mass is 514 g/mol. The van der Waals surface area contributed by atoms with Crippen LogP contribution in [0.2, 0.25) is 0 Å². The number of hydrogen-bond acceptors (Lipinski definition) is 6. The van der Waals surface area contributed by atoms with Crippen LogP contribution in [0, 0.1) is 18.3 Å². The van der Waals surface area contributed by atoms with Gasteiger partial charge in [0.2, 0.25) is 15.9 Å². The van der Waals surface area contributed by atoms with E-state index in [4.69, 9.17) is 0 Å². The molecule has 1 aromatic carbocycles. The number of carbonyl (C=O) groups is 2. The number of aliphatic carboxylic acids is 1. The number of anilines is 1. The number of amides is 1. The summed E-state index contributed by atoms with van der Waals surface area (Å²) in [5.41, 5.74) is 2.34. The Morgan fingerprint density at radius 2 is 1.67 bits per heavy atom. The zero-order valence-electron chi connectivity index (χ0n) is 20.5. The molecule has 2 aliphatic rings. The van der Waals surface area contributed by atoms with Gasteiger partial charge in [0.25, 0.3) is 0 Å². The molecule has 1 aromatic heterocycles. The Morgan fingerprint density at radius 3 is 2.25 bits per heavy atom. The lowest BCUT2D eigenvalue weighted by Gasteiger charge is -2.46. The smallest absolute Gasteiger partial charge is 0.323 e. The maximum atomic E-state index is 12.8. The van der Waals surface area contributed by atoms with Gasteiger partial charge in [0.1, 0.15) is 6.04 Å². The lowest BCUT2D eigenvalue weighted by molar-refractivity contribution is -0.139. The Morgan fingerprint density at radius 1 is 1.06 bits per heavy atom. The van der Waals surface area contributed by atoms with Gasteiger partial charge in [-0.25, -0.2) is 8.42 Å². The molecule has 194 valence electrons. The van der Waals surface area contributed by atoms with Crippen LogP contribution in [0.3, 0.4) is 0 Å².